The van der Waals surface area contributed by atoms with Gasteiger partial charge in [-0.05, 0) is 5.92 Å². The standard InChI is InChI=1S/C16H27N5O2/c1-11(2)16(22)10-21(9-12(16)3)14-8-13(18-15(17)19-14)20-4-6-23-7-5-20/h8,11-12,22H,4-7,9-10H2,1-3H3,(H2,17,18,19)/t12-,16-/m0/s1. The number of rotatable bonds is 3. The summed E-state index contributed by atoms with van der Waals surface area (Å²) in [5.41, 5.74) is 5.23. The van der Waals surface area contributed by atoms with Gasteiger partial charge in [-0.1, -0.05) is 20.8 Å². The van der Waals surface area contributed by atoms with Crippen molar-refractivity contribution in [2.24, 2.45) is 11.8 Å². The summed E-state index contributed by atoms with van der Waals surface area (Å²) in [5.74, 6) is 2.29. The Hall–Kier alpha value is -1.60. The van der Waals surface area contributed by atoms with E-state index in [4.69, 9.17) is 10.5 Å². The number of hydrogen-bond acceptors (Lipinski definition) is 7. The highest BCUT2D eigenvalue weighted by molar-refractivity contribution is 5.55. The summed E-state index contributed by atoms with van der Waals surface area (Å²) in [6, 6.07) is 1.97. The Morgan fingerprint density at radius 3 is 2.43 bits per heavy atom. The molecule has 2 aliphatic rings. The van der Waals surface area contributed by atoms with Crippen LogP contribution in [0.1, 0.15) is 20.8 Å². The first kappa shape index (κ1) is 16.3. The van der Waals surface area contributed by atoms with Gasteiger partial charge in [0, 0.05) is 38.2 Å². The van der Waals surface area contributed by atoms with E-state index in [1.54, 1.807) is 0 Å². The number of nitrogens with two attached hydrogens (primary N) is 1. The first-order chi connectivity index (χ1) is 10.9. The first-order valence-electron chi connectivity index (χ1n) is 8.34. The molecule has 0 aromatic carbocycles. The number of nitrogens with zero attached hydrogens (tertiary/aromatic N) is 4. The molecule has 2 saturated heterocycles. The Morgan fingerprint density at radius 2 is 1.87 bits per heavy atom. The number of β-amino-alcohol motifs (C(OH)–C–C–N with tert-alkyl or cyclic N) is 1. The van der Waals surface area contributed by atoms with Crippen molar-refractivity contribution in [2.45, 2.75) is 26.4 Å². The fourth-order valence-corrected chi connectivity index (χ4v) is 3.50. The predicted octanol–water partition coefficient (Wildman–Crippen LogP) is 0.739. The smallest absolute Gasteiger partial charge is 0.223 e. The maximum atomic E-state index is 10.9. The molecule has 3 rings (SSSR count). The van der Waals surface area contributed by atoms with Crippen molar-refractivity contribution >= 4 is 17.6 Å². The third-order valence-corrected chi connectivity index (χ3v) is 5.17. The Bertz CT molecular complexity index is 561. The highest BCUT2D eigenvalue weighted by Gasteiger charge is 2.45. The fourth-order valence-electron chi connectivity index (χ4n) is 3.50. The number of aromatic nitrogens is 2. The van der Waals surface area contributed by atoms with E-state index in [0.717, 1.165) is 31.3 Å². The monoisotopic (exact) mass is 321 g/mol. The maximum Gasteiger partial charge on any atom is 0.223 e. The van der Waals surface area contributed by atoms with Crippen molar-refractivity contribution in [3.05, 3.63) is 6.07 Å². The minimum atomic E-state index is -0.696. The van der Waals surface area contributed by atoms with Crippen LogP contribution in [0.2, 0.25) is 0 Å². The molecule has 23 heavy (non-hydrogen) atoms. The van der Waals surface area contributed by atoms with Crippen molar-refractivity contribution in [3.8, 4) is 0 Å². The number of ether oxygens (including phenoxy) is 1. The molecule has 0 aliphatic carbocycles. The lowest BCUT2D eigenvalue weighted by molar-refractivity contribution is -0.0187. The van der Waals surface area contributed by atoms with Crippen LogP contribution in [0, 0.1) is 11.8 Å². The van der Waals surface area contributed by atoms with Gasteiger partial charge in [0.15, 0.2) is 0 Å². The van der Waals surface area contributed by atoms with Crippen LogP contribution in [-0.4, -0.2) is 60.1 Å². The minimum absolute atomic E-state index is 0.186. The van der Waals surface area contributed by atoms with Crippen LogP contribution in [-0.2, 0) is 4.74 Å². The molecular formula is C16H27N5O2. The summed E-state index contributed by atoms with van der Waals surface area (Å²) >= 11 is 0. The molecule has 2 aliphatic heterocycles. The van der Waals surface area contributed by atoms with Crippen molar-refractivity contribution in [1.29, 1.82) is 0 Å². The molecule has 7 heteroatoms. The van der Waals surface area contributed by atoms with Gasteiger partial charge in [0.2, 0.25) is 5.95 Å². The molecule has 3 N–H and O–H groups in total. The molecule has 0 spiro atoms. The second kappa shape index (κ2) is 6.13. The van der Waals surface area contributed by atoms with Crippen molar-refractivity contribution in [1.82, 2.24) is 9.97 Å². The van der Waals surface area contributed by atoms with E-state index in [1.165, 1.54) is 0 Å². The molecule has 1 aromatic rings. The van der Waals surface area contributed by atoms with Crippen LogP contribution >= 0.6 is 0 Å². The van der Waals surface area contributed by atoms with Crippen molar-refractivity contribution in [2.75, 3.05) is 54.9 Å². The summed E-state index contributed by atoms with van der Waals surface area (Å²) in [4.78, 5) is 13.0. The lowest BCUT2D eigenvalue weighted by Crippen LogP contribution is -2.42. The van der Waals surface area contributed by atoms with Gasteiger partial charge in [-0.3, -0.25) is 0 Å². The second-order valence-corrected chi connectivity index (χ2v) is 6.97. The molecule has 1 aromatic heterocycles. The van der Waals surface area contributed by atoms with Crippen LogP contribution in [0.15, 0.2) is 6.07 Å². The summed E-state index contributed by atoms with van der Waals surface area (Å²) < 4.78 is 5.39. The van der Waals surface area contributed by atoms with Crippen LogP contribution in [0.25, 0.3) is 0 Å². The lowest BCUT2D eigenvalue weighted by Gasteiger charge is -2.31. The van der Waals surface area contributed by atoms with Crippen molar-refractivity contribution in [3.63, 3.8) is 0 Å². The number of nitrogen functional groups attached to an aromatic ring is 1. The molecule has 0 amide bonds. The van der Waals surface area contributed by atoms with E-state index in [-0.39, 0.29) is 17.8 Å². The van der Waals surface area contributed by atoms with Gasteiger partial charge in [-0.15, -0.1) is 0 Å². The van der Waals surface area contributed by atoms with E-state index in [1.807, 2.05) is 6.07 Å². The number of hydrogen-bond donors (Lipinski definition) is 2. The normalized spacial score (nSPS) is 28.7. The zero-order chi connectivity index (χ0) is 16.6. The molecule has 7 nitrogen and oxygen atoms in total. The topological polar surface area (TPSA) is 87.7 Å². The highest BCUT2D eigenvalue weighted by Crippen LogP contribution is 2.36. The van der Waals surface area contributed by atoms with Gasteiger partial charge in [0.25, 0.3) is 0 Å². The SMILES string of the molecule is CC(C)[C@@]1(O)CN(c2cc(N3CCOCC3)nc(N)n2)C[C@@H]1C. The quantitative estimate of drug-likeness (QED) is 0.849. The molecule has 2 fully saturated rings. The van der Waals surface area contributed by atoms with Crippen LogP contribution in [0.3, 0.4) is 0 Å². The predicted molar refractivity (Wildman–Crippen MR) is 90.6 cm³/mol. The molecular weight excluding hydrogens is 294 g/mol. The summed E-state index contributed by atoms with van der Waals surface area (Å²) in [6.45, 7) is 10.6. The van der Waals surface area contributed by atoms with E-state index in [9.17, 15) is 5.11 Å². The van der Waals surface area contributed by atoms with Gasteiger partial charge in [-0.25, -0.2) is 0 Å². The molecule has 0 unspecified atom stereocenters. The third kappa shape index (κ3) is 3.07. The zero-order valence-corrected chi connectivity index (χ0v) is 14.2. The van der Waals surface area contributed by atoms with E-state index in [2.05, 4.69) is 40.5 Å². The minimum Gasteiger partial charge on any atom is -0.387 e. The largest absolute Gasteiger partial charge is 0.387 e. The maximum absolute atomic E-state index is 10.9. The van der Waals surface area contributed by atoms with Crippen molar-refractivity contribution < 1.29 is 9.84 Å². The lowest BCUT2D eigenvalue weighted by atomic mass is 9.82. The third-order valence-electron chi connectivity index (χ3n) is 5.17. The van der Waals surface area contributed by atoms with Gasteiger partial charge in [-0.2, -0.15) is 9.97 Å². The summed E-state index contributed by atoms with van der Waals surface area (Å²) in [5, 5.41) is 10.9. The Kier molecular flexibility index (Phi) is 4.33. The Labute approximate surface area is 137 Å². The number of aliphatic hydroxyl groups is 1. The van der Waals surface area contributed by atoms with Gasteiger partial charge in [0.1, 0.15) is 11.6 Å². The Morgan fingerprint density at radius 1 is 1.26 bits per heavy atom. The van der Waals surface area contributed by atoms with Gasteiger partial charge in [0.05, 0.1) is 18.8 Å². The van der Waals surface area contributed by atoms with Crippen LogP contribution in [0.4, 0.5) is 17.6 Å². The van der Waals surface area contributed by atoms with Gasteiger partial charge < -0.3 is 25.4 Å². The molecule has 0 saturated carbocycles. The molecule has 0 radical (unpaired) electrons. The zero-order valence-electron chi connectivity index (χ0n) is 14.2. The molecule has 3 heterocycles. The van der Waals surface area contributed by atoms with E-state index < -0.39 is 5.60 Å². The average Bonchev–Trinajstić information content (AvgIpc) is 2.85. The molecule has 0 bridgehead atoms. The molecule has 2 atom stereocenters. The molecule has 128 valence electrons. The summed E-state index contributed by atoms with van der Waals surface area (Å²) in [6.07, 6.45) is 0. The van der Waals surface area contributed by atoms with Crippen LogP contribution in [0.5, 0.6) is 0 Å². The second-order valence-electron chi connectivity index (χ2n) is 6.97. The van der Waals surface area contributed by atoms with Gasteiger partial charge >= 0.3 is 0 Å². The van der Waals surface area contributed by atoms with E-state index >= 15 is 0 Å². The van der Waals surface area contributed by atoms with E-state index in [0.29, 0.717) is 19.8 Å². The Balaban J connectivity index is 1.84. The highest BCUT2D eigenvalue weighted by atomic mass is 16.5. The fraction of sp³-hybridized carbons (Fsp3) is 0.750. The number of morpholine rings is 1. The van der Waals surface area contributed by atoms with Crippen LogP contribution < -0.4 is 15.5 Å². The average molecular weight is 321 g/mol. The first-order valence-corrected chi connectivity index (χ1v) is 8.34. The number of anilines is 3. The summed E-state index contributed by atoms with van der Waals surface area (Å²) in [7, 11) is 0.